The molecule has 0 saturated heterocycles. The third kappa shape index (κ3) is 5.32. The van der Waals surface area contributed by atoms with Gasteiger partial charge in [-0.2, -0.15) is 0 Å². The maximum absolute atomic E-state index is 12.6. The molecule has 0 saturated carbocycles. The molecule has 0 spiro atoms. The van der Waals surface area contributed by atoms with Gasteiger partial charge in [-0.05, 0) is 23.8 Å². The zero-order chi connectivity index (χ0) is 20.7. The fraction of sp³-hybridized carbons (Fsp3) is 0.278. The van der Waals surface area contributed by atoms with Crippen LogP contribution in [0.3, 0.4) is 0 Å². The van der Waals surface area contributed by atoms with Crippen molar-refractivity contribution in [3.63, 3.8) is 0 Å². The summed E-state index contributed by atoms with van der Waals surface area (Å²) in [6, 6.07) is 8.03. The summed E-state index contributed by atoms with van der Waals surface area (Å²) in [7, 11) is 1.49. The number of ether oxygens (including phenoxy) is 1. The van der Waals surface area contributed by atoms with Gasteiger partial charge in [-0.15, -0.1) is 0 Å². The highest BCUT2D eigenvalue weighted by Gasteiger charge is 2.19. The SMILES string of the molecule is COc1ccc(CNC(=O)c2cc([N+](=O)[O-])ccc2NC(CO)CO)cc1Cl. The minimum atomic E-state index is -0.714. The molecule has 28 heavy (non-hydrogen) atoms. The van der Waals surface area contributed by atoms with E-state index in [4.69, 9.17) is 16.3 Å². The number of nitro benzene ring substituents is 1. The maximum atomic E-state index is 12.6. The van der Waals surface area contributed by atoms with Crippen molar-refractivity contribution in [2.45, 2.75) is 12.6 Å². The van der Waals surface area contributed by atoms with Crippen LogP contribution in [-0.4, -0.2) is 47.4 Å². The first kappa shape index (κ1) is 21.4. The molecule has 0 aliphatic heterocycles. The first-order chi connectivity index (χ1) is 13.4. The van der Waals surface area contributed by atoms with E-state index in [1.165, 1.54) is 19.2 Å². The number of hydrogen-bond donors (Lipinski definition) is 4. The first-order valence-corrected chi connectivity index (χ1v) is 8.64. The Labute approximate surface area is 166 Å². The van der Waals surface area contributed by atoms with Crippen LogP contribution in [-0.2, 0) is 6.54 Å². The molecular formula is C18H20ClN3O6. The van der Waals surface area contributed by atoms with Crippen LogP contribution >= 0.6 is 11.6 Å². The van der Waals surface area contributed by atoms with Gasteiger partial charge in [0.05, 0.1) is 41.9 Å². The second-order valence-electron chi connectivity index (χ2n) is 5.84. The van der Waals surface area contributed by atoms with Crippen molar-refractivity contribution in [1.82, 2.24) is 5.32 Å². The maximum Gasteiger partial charge on any atom is 0.270 e. The number of halogens is 1. The molecule has 0 unspecified atom stereocenters. The summed E-state index contributed by atoms with van der Waals surface area (Å²) in [5.41, 5.74) is 0.722. The topological polar surface area (TPSA) is 134 Å². The average molecular weight is 410 g/mol. The molecule has 2 aromatic carbocycles. The third-order valence-electron chi connectivity index (χ3n) is 3.93. The molecule has 1 amide bonds. The molecule has 9 nitrogen and oxygen atoms in total. The summed E-state index contributed by atoms with van der Waals surface area (Å²) in [5.74, 6) is -0.0614. The van der Waals surface area contributed by atoms with E-state index in [0.717, 1.165) is 6.07 Å². The summed E-state index contributed by atoms with van der Waals surface area (Å²) in [6.07, 6.45) is 0. The third-order valence-corrected chi connectivity index (χ3v) is 4.22. The number of aliphatic hydroxyl groups excluding tert-OH is 2. The lowest BCUT2D eigenvalue weighted by Crippen LogP contribution is -2.30. The van der Waals surface area contributed by atoms with Crippen LogP contribution in [0.4, 0.5) is 11.4 Å². The van der Waals surface area contributed by atoms with Gasteiger partial charge in [0.25, 0.3) is 11.6 Å². The second kappa shape index (κ2) is 9.88. The standard InChI is InChI=1S/C18H20ClN3O6/c1-28-17-5-2-11(6-15(17)19)8-20-18(25)14-7-13(22(26)27)3-4-16(14)21-12(9-23)10-24/h2-7,12,21,23-24H,8-10H2,1H3,(H,20,25). The van der Waals surface area contributed by atoms with Crippen LogP contribution in [0, 0.1) is 10.1 Å². The van der Waals surface area contributed by atoms with Crippen molar-refractivity contribution in [2.24, 2.45) is 0 Å². The van der Waals surface area contributed by atoms with Gasteiger partial charge in [-0.25, -0.2) is 0 Å². The summed E-state index contributed by atoms with van der Waals surface area (Å²) in [6.45, 7) is -0.619. The first-order valence-electron chi connectivity index (χ1n) is 8.27. The molecule has 150 valence electrons. The Kier molecular flexibility index (Phi) is 7.56. The summed E-state index contributed by atoms with van der Waals surface area (Å²) in [4.78, 5) is 23.1. The average Bonchev–Trinajstić information content (AvgIpc) is 2.70. The van der Waals surface area contributed by atoms with E-state index in [1.54, 1.807) is 18.2 Å². The predicted octanol–water partition coefficient (Wildman–Crippen LogP) is 1.95. The largest absolute Gasteiger partial charge is 0.495 e. The second-order valence-corrected chi connectivity index (χ2v) is 6.25. The van der Waals surface area contributed by atoms with Gasteiger partial charge in [0, 0.05) is 24.4 Å². The van der Waals surface area contributed by atoms with Crippen molar-refractivity contribution >= 4 is 28.9 Å². The normalized spacial score (nSPS) is 10.6. The summed E-state index contributed by atoms with van der Waals surface area (Å²) in [5, 5.41) is 35.4. The molecule has 10 heteroatoms. The number of anilines is 1. The number of hydrogen-bond acceptors (Lipinski definition) is 7. The Hall–Kier alpha value is -2.88. The van der Waals surface area contributed by atoms with E-state index < -0.39 is 16.9 Å². The van der Waals surface area contributed by atoms with E-state index in [2.05, 4.69) is 10.6 Å². The van der Waals surface area contributed by atoms with Gasteiger partial charge >= 0.3 is 0 Å². The number of benzene rings is 2. The Balaban J connectivity index is 2.22. The number of methoxy groups -OCH3 is 1. The molecule has 4 N–H and O–H groups in total. The molecule has 2 rings (SSSR count). The van der Waals surface area contributed by atoms with Crippen molar-refractivity contribution < 1.29 is 24.7 Å². The fourth-order valence-electron chi connectivity index (χ4n) is 2.43. The van der Waals surface area contributed by atoms with Gasteiger partial charge in [-0.3, -0.25) is 14.9 Å². The van der Waals surface area contributed by atoms with E-state index >= 15 is 0 Å². The van der Waals surface area contributed by atoms with Gasteiger partial charge < -0.3 is 25.6 Å². The fourth-order valence-corrected chi connectivity index (χ4v) is 2.71. The zero-order valence-corrected chi connectivity index (χ0v) is 15.8. The number of nitro groups is 1. The van der Waals surface area contributed by atoms with Gasteiger partial charge in [-0.1, -0.05) is 17.7 Å². The van der Waals surface area contributed by atoms with Crippen LogP contribution in [0.15, 0.2) is 36.4 Å². The number of carbonyl (C=O) groups is 1. The summed E-state index contributed by atoms with van der Waals surface area (Å²) < 4.78 is 5.07. The van der Waals surface area contributed by atoms with Crippen molar-refractivity contribution in [2.75, 3.05) is 25.6 Å². The Bertz CT molecular complexity index is 857. The summed E-state index contributed by atoms with van der Waals surface area (Å²) >= 11 is 6.06. The number of carbonyl (C=O) groups excluding carboxylic acids is 1. The molecule has 0 atom stereocenters. The minimum Gasteiger partial charge on any atom is -0.495 e. The predicted molar refractivity (Wildman–Crippen MR) is 104 cm³/mol. The lowest BCUT2D eigenvalue weighted by atomic mass is 10.1. The van der Waals surface area contributed by atoms with Gasteiger partial charge in [0.1, 0.15) is 5.75 Å². The number of aliphatic hydroxyl groups is 2. The number of non-ortho nitro benzene ring substituents is 1. The molecule has 0 aliphatic rings. The van der Waals surface area contributed by atoms with Crippen LogP contribution in [0.5, 0.6) is 5.75 Å². The van der Waals surface area contributed by atoms with Crippen LogP contribution in [0.2, 0.25) is 5.02 Å². The van der Waals surface area contributed by atoms with Crippen molar-refractivity contribution in [1.29, 1.82) is 0 Å². The molecule has 0 aliphatic carbocycles. The monoisotopic (exact) mass is 409 g/mol. The molecule has 0 radical (unpaired) electrons. The van der Waals surface area contributed by atoms with Crippen LogP contribution in [0.25, 0.3) is 0 Å². The van der Waals surface area contributed by atoms with Gasteiger partial charge in [0.2, 0.25) is 0 Å². The molecule has 0 heterocycles. The highest BCUT2D eigenvalue weighted by molar-refractivity contribution is 6.32. The zero-order valence-electron chi connectivity index (χ0n) is 15.0. The number of amides is 1. The van der Waals surface area contributed by atoms with E-state index in [-0.39, 0.29) is 36.7 Å². The van der Waals surface area contributed by atoms with E-state index in [9.17, 15) is 25.1 Å². The molecule has 2 aromatic rings. The highest BCUT2D eigenvalue weighted by atomic mass is 35.5. The molecule has 0 bridgehead atoms. The van der Waals surface area contributed by atoms with Crippen LogP contribution < -0.4 is 15.4 Å². The Morgan fingerprint density at radius 1 is 1.25 bits per heavy atom. The number of nitrogens with one attached hydrogen (secondary N) is 2. The van der Waals surface area contributed by atoms with Crippen molar-refractivity contribution in [3.05, 3.63) is 62.7 Å². The van der Waals surface area contributed by atoms with Crippen LogP contribution in [0.1, 0.15) is 15.9 Å². The number of rotatable bonds is 9. The smallest absolute Gasteiger partial charge is 0.270 e. The Morgan fingerprint density at radius 2 is 1.96 bits per heavy atom. The molecule has 0 aromatic heterocycles. The molecule has 0 fully saturated rings. The van der Waals surface area contributed by atoms with Gasteiger partial charge in [0.15, 0.2) is 0 Å². The molecular weight excluding hydrogens is 390 g/mol. The lowest BCUT2D eigenvalue weighted by Gasteiger charge is -2.17. The number of nitrogens with zero attached hydrogens (tertiary/aromatic N) is 1. The van der Waals surface area contributed by atoms with E-state index in [1.807, 2.05) is 0 Å². The highest BCUT2D eigenvalue weighted by Crippen LogP contribution is 2.26. The lowest BCUT2D eigenvalue weighted by molar-refractivity contribution is -0.384. The quantitative estimate of drug-likeness (QED) is 0.367. The Morgan fingerprint density at radius 3 is 2.54 bits per heavy atom. The van der Waals surface area contributed by atoms with E-state index in [0.29, 0.717) is 16.3 Å². The van der Waals surface area contributed by atoms with Crippen molar-refractivity contribution in [3.8, 4) is 5.75 Å². The minimum absolute atomic E-state index is 0.0145.